The van der Waals surface area contributed by atoms with Gasteiger partial charge >= 0.3 is 0 Å². The van der Waals surface area contributed by atoms with Gasteiger partial charge in [-0.1, -0.05) is 30.3 Å². The second-order valence-electron chi connectivity index (χ2n) is 15.3. The van der Waals surface area contributed by atoms with Gasteiger partial charge in [-0.2, -0.15) is 10.2 Å². The van der Waals surface area contributed by atoms with Gasteiger partial charge in [-0.3, -0.25) is 28.5 Å². The van der Waals surface area contributed by atoms with Crippen LogP contribution in [-0.4, -0.2) is 75.4 Å². The van der Waals surface area contributed by atoms with Gasteiger partial charge in [0.1, 0.15) is 34.1 Å². The van der Waals surface area contributed by atoms with Crippen LogP contribution in [0.2, 0.25) is 0 Å². The molecule has 4 amide bonds. The average Bonchev–Trinajstić information content (AvgIpc) is 4.07. The van der Waals surface area contributed by atoms with E-state index in [2.05, 4.69) is 41.4 Å². The van der Waals surface area contributed by atoms with Crippen molar-refractivity contribution < 1.29 is 19.2 Å². The minimum absolute atomic E-state index is 0.0552. The van der Waals surface area contributed by atoms with Crippen molar-refractivity contribution in [2.45, 2.75) is 39.0 Å². The number of pyridine rings is 2. The molecule has 62 heavy (non-hydrogen) atoms. The molecule has 0 unspecified atom stereocenters. The molecule has 18 heteroatoms. The summed E-state index contributed by atoms with van der Waals surface area (Å²) < 4.78 is 7.20. The van der Waals surface area contributed by atoms with Crippen LogP contribution < -0.4 is 32.7 Å². The zero-order valence-electron chi connectivity index (χ0n) is 33.7. The highest BCUT2D eigenvalue weighted by molar-refractivity contribution is 6.06. The smallest absolute Gasteiger partial charge is 0.274 e. The van der Waals surface area contributed by atoms with Crippen molar-refractivity contribution in [2.24, 2.45) is 0 Å². The molecule has 8 heterocycles. The van der Waals surface area contributed by atoms with E-state index in [1.807, 2.05) is 83.6 Å². The van der Waals surface area contributed by atoms with E-state index in [0.29, 0.717) is 71.6 Å². The van der Waals surface area contributed by atoms with E-state index in [1.165, 1.54) is 0 Å². The number of nitrogen functional groups attached to an aromatic ring is 2. The number of nitrogens with zero attached hydrogens (tertiary/aromatic N) is 8. The number of hydrogen-bond acceptors (Lipinski definition) is 10. The van der Waals surface area contributed by atoms with Crippen molar-refractivity contribution >= 4 is 68.4 Å². The number of rotatable bonds is 8. The zero-order valence-corrected chi connectivity index (χ0v) is 33.7. The van der Waals surface area contributed by atoms with Gasteiger partial charge in [-0.15, -0.1) is 0 Å². The largest absolute Gasteiger partial charge is 0.399 e. The van der Waals surface area contributed by atoms with Crippen LogP contribution in [0.25, 0.3) is 22.1 Å². The Morgan fingerprint density at radius 2 is 1.21 bits per heavy atom. The highest BCUT2D eigenvalue weighted by Gasteiger charge is 2.27. The number of aromatic nitrogens is 8. The Bertz CT molecular complexity index is 3050. The molecule has 312 valence electrons. The van der Waals surface area contributed by atoms with Gasteiger partial charge in [0.2, 0.25) is 0 Å². The number of anilines is 4. The van der Waals surface area contributed by atoms with Gasteiger partial charge in [-0.25, -0.2) is 9.97 Å². The number of hydrogen-bond donors (Lipinski definition) is 6. The molecule has 2 atom stereocenters. The van der Waals surface area contributed by atoms with E-state index in [1.54, 1.807) is 58.4 Å². The summed E-state index contributed by atoms with van der Waals surface area (Å²) in [6.07, 6.45) is 6.68. The molecule has 0 radical (unpaired) electrons. The summed E-state index contributed by atoms with van der Waals surface area (Å²) in [7, 11) is 0. The SMILES string of the molecule is C[C@@H]1CNC(=O)c2cc3ccc(C(=O)Nc4cnn(Cc5cccc(N)c5)c4)nc3n21.C[C@@H]1CNC(=O)c2cc3ccc(C(=O)Nc4cnn(Cc5ccccc5N)c4)nc3n21. The maximum Gasteiger partial charge on any atom is 0.274 e. The third kappa shape index (κ3) is 7.79. The first kappa shape index (κ1) is 39.2. The van der Waals surface area contributed by atoms with E-state index >= 15 is 0 Å². The third-order valence-electron chi connectivity index (χ3n) is 10.8. The van der Waals surface area contributed by atoms with Crippen LogP contribution >= 0.6 is 0 Å². The lowest BCUT2D eigenvalue weighted by molar-refractivity contribution is 0.0911. The Morgan fingerprint density at radius 1 is 0.677 bits per heavy atom. The lowest BCUT2D eigenvalue weighted by atomic mass is 10.2. The number of amides is 4. The van der Waals surface area contributed by atoms with Gasteiger partial charge in [0.15, 0.2) is 0 Å². The average molecular weight is 831 g/mol. The standard InChI is InChI=1S/2C22H21N7O2/c1-13-9-24-22(31)19-8-15-5-6-18(27-20(15)29(13)19)21(30)26-17-10-25-28(12-17)11-14-3-2-4-16(23)7-14;1-13-9-24-22(31)19-8-14-6-7-18(27-20(14)29(13)19)21(30)26-16-10-25-28(12-16)11-15-4-2-3-5-17(15)23/h2*2-8,10,12-13H,9,11,23H2,1H3,(H,24,31)(H,26,30)/t2*13-/m11/s1. The summed E-state index contributed by atoms with van der Waals surface area (Å²) >= 11 is 0. The van der Waals surface area contributed by atoms with Crippen molar-refractivity contribution in [2.75, 3.05) is 35.2 Å². The number of benzene rings is 2. The fourth-order valence-corrected chi connectivity index (χ4v) is 7.68. The van der Waals surface area contributed by atoms with Crippen LogP contribution in [0, 0.1) is 0 Å². The first-order chi connectivity index (χ1) is 30.0. The first-order valence-corrected chi connectivity index (χ1v) is 19.9. The molecule has 0 saturated carbocycles. The Morgan fingerprint density at radius 3 is 1.74 bits per heavy atom. The maximum atomic E-state index is 12.8. The molecule has 0 aliphatic carbocycles. The Balaban J connectivity index is 0.000000158. The molecule has 0 fully saturated rings. The molecule has 2 aliphatic heterocycles. The summed E-state index contributed by atoms with van der Waals surface area (Å²) in [5.74, 6) is -0.943. The molecule has 8 N–H and O–H groups in total. The number of carbonyl (C=O) groups is 4. The molecule has 10 rings (SSSR count). The summed E-state index contributed by atoms with van der Waals surface area (Å²) in [6.45, 7) is 6.11. The Labute approximate surface area is 353 Å². The second kappa shape index (κ2) is 16.1. The highest BCUT2D eigenvalue weighted by Crippen LogP contribution is 2.27. The van der Waals surface area contributed by atoms with Gasteiger partial charge in [0, 0.05) is 47.6 Å². The number of nitrogens with two attached hydrogens (primary N) is 2. The summed E-state index contributed by atoms with van der Waals surface area (Å²) in [6, 6.07) is 25.8. The molecular formula is C44H42N14O4. The van der Waals surface area contributed by atoms with Crippen molar-refractivity contribution in [3.8, 4) is 0 Å². The van der Waals surface area contributed by atoms with E-state index in [9.17, 15) is 19.2 Å². The first-order valence-electron chi connectivity index (χ1n) is 19.9. The van der Waals surface area contributed by atoms with Crippen molar-refractivity contribution in [1.29, 1.82) is 0 Å². The monoisotopic (exact) mass is 830 g/mol. The quantitative estimate of drug-likeness (QED) is 0.114. The number of fused-ring (bicyclic) bond motifs is 6. The van der Waals surface area contributed by atoms with E-state index < -0.39 is 0 Å². The van der Waals surface area contributed by atoms with Gasteiger partial charge in [0.05, 0.1) is 48.9 Å². The van der Waals surface area contributed by atoms with Crippen molar-refractivity contribution in [1.82, 2.24) is 49.3 Å². The van der Waals surface area contributed by atoms with Crippen molar-refractivity contribution in [3.63, 3.8) is 0 Å². The fraction of sp³-hybridized carbons (Fsp3) is 0.182. The fourth-order valence-electron chi connectivity index (χ4n) is 7.68. The van der Waals surface area contributed by atoms with Crippen LogP contribution in [0.3, 0.4) is 0 Å². The van der Waals surface area contributed by atoms with Crippen LogP contribution in [0.15, 0.2) is 110 Å². The molecule has 0 saturated heterocycles. The van der Waals surface area contributed by atoms with Crippen LogP contribution in [0.1, 0.15) is 79.0 Å². The lowest BCUT2D eigenvalue weighted by Gasteiger charge is -2.23. The van der Waals surface area contributed by atoms with Gasteiger partial charge < -0.3 is 41.9 Å². The van der Waals surface area contributed by atoms with E-state index in [-0.39, 0.29) is 47.1 Å². The van der Waals surface area contributed by atoms with E-state index in [0.717, 1.165) is 21.9 Å². The van der Waals surface area contributed by atoms with Crippen LogP contribution in [-0.2, 0) is 13.1 Å². The summed E-state index contributed by atoms with van der Waals surface area (Å²) in [5.41, 5.74) is 19.2. The minimum atomic E-state index is -0.343. The van der Waals surface area contributed by atoms with Crippen LogP contribution in [0.4, 0.5) is 22.7 Å². The zero-order chi connectivity index (χ0) is 43.1. The molecule has 2 aliphatic rings. The highest BCUT2D eigenvalue weighted by atomic mass is 16.2. The van der Waals surface area contributed by atoms with Crippen LogP contribution in [0.5, 0.6) is 0 Å². The Kier molecular flexibility index (Phi) is 10.2. The number of para-hydroxylation sites is 1. The lowest BCUT2D eigenvalue weighted by Crippen LogP contribution is -2.37. The Hall–Kier alpha value is -8.28. The molecule has 6 aromatic heterocycles. The normalized spacial score (nSPS) is 15.5. The predicted molar refractivity (Wildman–Crippen MR) is 234 cm³/mol. The number of nitrogens with one attached hydrogen (secondary N) is 4. The second-order valence-corrected chi connectivity index (χ2v) is 15.3. The topological polar surface area (TPSA) is 240 Å². The maximum absolute atomic E-state index is 12.8. The summed E-state index contributed by atoms with van der Waals surface area (Å²) in [5, 5.41) is 21.6. The molecule has 0 bridgehead atoms. The van der Waals surface area contributed by atoms with Gasteiger partial charge in [0.25, 0.3) is 23.6 Å². The molecular weight excluding hydrogens is 789 g/mol. The van der Waals surface area contributed by atoms with E-state index in [4.69, 9.17) is 11.5 Å². The van der Waals surface area contributed by atoms with Crippen molar-refractivity contribution in [3.05, 3.63) is 144 Å². The molecule has 8 aromatic rings. The molecule has 0 spiro atoms. The molecule has 2 aromatic carbocycles. The third-order valence-corrected chi connectivity index (χ3v) is 10.8. The minimum Gasteiger partial charge on any atom is -0.399 e. The molecule has 18 nitrogen and oxygen atoms in total. The summed E-state index contributed by atoms with van der Waals surface area (Å²) in [4.78, 5) is 59.0. The predicted octanol–water partition coefficient (Wildman–Crippen LogP) is 4.84. The van der Waals surface area contributed by atoms with Gasteiger partial charge in [-0.05, 0) is 79.6 Å². The number of carbonyl (C=O) groups excluding carboxylic acids is 4.